The topological polar surface area (TPSA) is 90.0 Å². The lowest BCUT2D eigenvalue weighted by Crippen LogP contribution is -2.44. The van der Waals surface area contributed by atoms with Crippen LogP contribution in [0, 0.1) is 5.82 Å². The summed E-state index contributed by atoms with van der Waals surface area (Å²) in [5.74, 6) is -2.87. The highest BCUT2D eigenvalue weighted by Gasteiger charge is 2.44. The third-order valence-electron chi connectivity index (χ3n) is 5.16. The van der Waals surface area contributed by atoms with E-state index in [1.54, 1.807) is 0 Å². The van der Waals surface area contributed by atoms with Crippen LogP contribution >= 0.6 is 0 Å². The van der Waals surface area contributed by atoms with Crippen LogP contribution in [-0.4, -0.2) is 59.7 Å². The number of para-hydroxylation sites is 1. The van der Waals surface area contributed by atoms with Gasteiger partial charge in [-0.25, -0.2) is 9.18 Å². The number of hydrogen-bond acceptors (Lipinski definition) is 4. The first kappa shape index (κ1) is 24.7. The Kier molecular flexibility index (Phi) is 6.89. The third-order valence-corrected chi connectivity index (χ3v) is 5.16. The minimum absolute atomic E-state index is 0.262. The minimum Gasteiger partial charge on any atom is -0.335 e. The van der Waals surface area contributed by atoms with Crippen molar-refractivity contribution in [2.24, 2.45) is 0 Å². The zero-order chi connectivity index (χ0) is 25.2. The Morgan fingerprint density at radius 1 is 1.06 bits per heavy atom. The molecule has 1 unspecified atom stereocenters. The number of urea groups is 1. The number of imide groups is 1. The number of carbonyl (C=O) groups is 4. The van der Waals surface area contributed by atoms with Crippen LogP contribution in [0.1, 0.15) is 12.5 Å². The molecule has 12 heteroatoms. The van der Waals surface area contributed by atoms with E-state index in [4.69, 9.17) is 0 Å². The molecule has 1 aliphatic rings. The molecule has 0 radical (unpaired) electrons. The molecule has 2 aromatic rings. The van der Waals surface area contributed by atoms with Gasteiger partial charge in [0.15, 0.2) is 0 Å². The molecule has 5 amide bonds. The van der Waals surface area contributed by atoms with Crippen molar-refractivity contribution in [1.82, 2.24) is 9.80 Å². The molecule has 0 aromatic heterocycles. The second-order valence-corrected chi connectivity index (χ2v) is 7.57. The van der Waals surface area contributed by atoms with Crippen molar-refractivity contribution in [3.8, 4) is 0 Å². The summed E-state index contributed by atoms with van der Waals surface area (Å²) in [5, 5.41) is 2.12. The molecule has 8 nitrogen and oxygen atoms in total. The van der Waals surface area contributed by atoms with Crippen molar-refractivity contribution in [2.45, 2.75) is 19.1 Å². The van der Waals surface area contributed by atoms with Crippen LogP contribution in [-0.2, 0) is 20.6 Å². The number of nitrogens with one attached hydrogen (secondary N) is 1. The van der Waals surface area contributed by atoms with Gasteiger partial charge in [0.2, 0.25) is 11.8 Å². The number of benzene rings is 2. The van der Waals surface area contributed by atoms with Crippen molar-refractivity contribution >= 4 is 35.1 Å². The van der Waals surface area contributed by atoms with Crippen LogP contribution in [0.2, 0.25) is 0 Å². The van der Waals surface area contributed by atoms with Crippen LogP contribution in [0.4, 0.5) is 33.7 Å². The van der Waals surface area contributed by atoms with E-state index < -0.39 is 66.1 Å². The van der Waals surface area contributed by atoms with Gasteiger partial charge in [0.1, 0.15) is 18.4 Å². The van der Waals surface area contributed by atoms with Crippen molar-refractivity contribution in [3.63, 3.8) is 0 Å². The van der Waals surface area contributed by atoms with Crippen molar-refractivity contribution in [2.75, 3.05) is 30.4 Å². The predicted octanol–water partition coefficient (Wildman–Crippen LogP) is 3.10. The zero-order valence-corrected chi connectivity index (χ0v) is 18.1. The average molecular weight is 480 g/mol. The van der Waals surface area contributed by atoms with Gasteiger partial charge in [-0.05, 0) is 43.3 Å². The van der Waals surface area contributed by atoms with Gasteiger partial charge >= 0.3 is 12.2 Å². The summed E-state index contributed by atoms with van der Waals surface area (Å²) in [6, 6.07) is 7.52. The van der Waals surface area contributed by atoms with E-state index >= 15 is 0 Å². The molecule has 3 rings (SSSR count). The van der Waals surface area contributed by atoms with Gasteiger partial charge in [0.05, 0.1) is 17.8 Å². The van der Waals surface area contributed by atoms with E-state index in [0.717, 1.165) is 34.1 Å². The molecule has 0 aliphatic carbocycles. The maximum absolute atomic E-state index is 13.2. The standard InChI is InChI=1S/C22H20F4N4O4/c1-13-20(33)29(21(34)30(13)15-9-7-14(23)8-10-15)12-19(32)28(2)11-18(31)27-17-6-4-3-5-16(17)22(24,25)26/h3-10,13H,11-12H2,1-2H3,(H,27,31). The predicted molar refractivity (Wildman–Crippen MR) is 113 cm³/mol. The summed E-state index contributed by atoms with van der Waals surface area (Å²) in [6.07, 6.45) is -4.69. The van der Waals surface area contributed by atoms with Crippen LogP contribution in [0.25, 0.3) is 0 Å². The fourth-order valence-electron chi connectivity index (χ4n) is 3.40. The Bertz CT molecular complexity index is 1120. The molecule has 180 valence electrons. The summed E-state index contributed by atoms with van der Waals surface area (Å²) in [5.41, 5.74) is -1.24. The molecule has 1 heterocycles. The maximum atomic E-state index is 13.2. The van der Waals surface area contributed by atoms with Crippen molar-refractivity contribution in [1.29, 1.82) is 0 Å². The Morgan fingerprint density at radius 2 is 1.68 bits per heavy atom. The minimum atomic E-state index is -4.69. The van der Waals surface area contributed by atoms with Crippen molar-refractivity contribution in [3.05, 3.63) is 59.9 Å². The Morgan fingerprint density at radius 3 is 2.29 bits per heavy atom. The Balaban J connectivity index is 1.64. The molecule has 0 saturated carbocycles. The maximum Gasteiger partial charge on any atom is 0.418 e. The molecule has 1 atom stereocenters. The largest absolute Gasteiger partial charge is 0.418 e. The molecule has 1 fully saturated rings. The second-order valence-electron chi connectivity index (χ2n) is 7.57. The van der Waals surface area contributed by atoms with Gasteiger partial charge in [-0.2, -0.15) is 13.2 Å². The molecular formula is C22H20F4N4O4. The lowest BCUT2D eigenvalue weighted by atomic mass is 10.1. The monoisotopic (exact) mass is 480 g/mol. The summed E-state index contributed by atoms with van der Waals surface area (Å²) in [7, 11) is 1.21. The second kappa shape index (κ2) is 9.49. The quantitative estimate of drug-likeness (QED) is 0.508. The molecule has 0 spiro atoms. The number of hydrogen-bond donors (Lipinski definition) is 1. The van der Waals surface area contributed by atoms with Crippen LogP contribution < -0.4 is 10.2 Å². The van der Waals surface area contributed by atoms with E-state index in [9.17, 15) is 36.7 Å². The highest BCUT2D eigenvalue weighted by atomic mass is 19.4. The van der Waals surface area contributed by atoms with E-state index in [0.29, 0.717) is 4.90 Å². The molecule has 1 N–H and O–H groups in total. The van der Waals surface area contributed by atoms with Gasteiger partial charge in [-0.1, -0.05) is 12.1 Å². The smallest absolute Gasteiger partial charge is 0.335 e. The number of rotatable bonds is 6. The van der Waals surface area contributed by atoms with Gasteiger partial charge in [-0.3, -0.25) is 24.2 Å². The van der Waals surface area contributed by atoms with Crippen LogP contribution in [0.5, 0.6) is 0 Å². The molecular weight excluding hydrogens is 460 g/mol. The van der Waals surface area contributed by atoms with Gasteiger partial charge < -0.3 is 10.2 Å². The van der Waals surface area contributed by atoms with Crippen LogP contribution in [0.15, 0.2) is 48.5 Å². The number of nitrogens with zero attached hydrogens (tertiary/aromatic N) is 3. The number of carbonyl (C=O) groups excluding carboxylic acids is 4. The average Bonchev–Trinajstić information content (AvgIpc) is 2.97. The first-order valence-corrected chi connectivity index (χ1v) is 10.0. The number of amides is 5. The fraction of sp³-hybridized carbons (Fsp3) is 0.273. The summed E-state index contributed by atoms with van der Waals surface area (Å²) in [4.78, 5) is 52.8. The summed E-state index contributed by atoms with van der Waals surface area (Å²) >= 11 is 0. The van der Waals surface area contributed by atoms with E-state index in [-0.39, 0.29) is 5.69 Å². The highest BCUT2D eigenvalue weighted by molar-refractivity contribution is 6.15. The van der Waals surface area contributed by atoms with Crippen LogP contribution in [0.3, 0.4) is 0 Å². The Labute approximate surface area is 191 Å². The summed E-state index contributed by atoms with van der Waals surface area (Å²) < 4.78 is 52.4. The SMILES string of the molecule is CC1C(=O)N(CC(=O)N(C)CC(=O)Nc2ccccc2C(F)(F)F)C(=O)N1c1ccc(F)cc1. The van der Waals surface area contributed by atoms with Gasteiger partial charge in [0.25, 0.3) is 5.91 Å². The highest BCUT2D eigenvalue weighted by Crippen LogP contribution is 2.34. The molecule has 1 aliphatic heterocycles. The molecule has 2 aromatic carbocycles. The Hall–Kier alpha value is -3.96. The zero-order valence-electron chi connectivity index (χ0n) is 18.1. The molecule has 1 saturated heterocycles. The van der Waals surface area contributed by atoms with E-state index in [1.807, 2.05) is 0 Å². The van der Waals surface area contributed by atoms with Gasteiger partial charge in [0, 0.05) is 12.7 Å². The van der Waals surface area contributed by atoms with Gasteiger partial charge in [-0.15, -0.1) is 0 Å². The van der Waals surface area contributed by atoms with E-state index in [1.165, 1.54) is 38.2 Å². The third kappa shape index (κ3) is 5.16. The van der Waals surface area contributed by atoms with Crippen molar-refractivity contribution < 1.29 is 36.7 Å². The molecule has 34 heavy (non-hydrogen) atoms. The normalized spacial score (nSPS) is 16.1. The lowest BCUT2D eigenvalue weighted by Gasteiger charge is -2.21. The number of halogens is 4. The fourth-order valence-corrected chi connectivity index (χ4v) is 3.40. The lowest BCUT2D eigenvalue weighted by molar-refractivity contribution is -0.138. The number of alkyl halides is 3. The first-order chi connectivity index (χ1) is 15.9. The number of likely N-dealkylation sites (N-methyl/N-ethyl adjacent to an activating group) is 1. The first-order valence-electron chi connectivity index (χ1n) is 10.0. The molecule has 0 bridgehead atoms. The summed E-state index contributed by atoms with van der Waals surface area (Å²) in [6.45, 7) is 0.157. The van der Waals surface area contributed by atoms with E-state index in [2.05, 4.69) is 5.32 Å². The number of anilines is 2.